The molecule has 1 heterocycles. The SMILES string of the molecule is NC(=O)Cc1ccc(Cc2cnc(OC(F)F)c(-c3cccc(Cl)c3)c2)cc1. The number of halogens is 3. The largest absolute Gasteiger partial charge is 0.416 e. The van der Waals surface area contributed by atoms with Gasteiger partial charge in [-0.1, -0.05) is 48.0 Å². The van der Waals surface area contributed by atoms with Crippen molar-refractivity contribution in [2.45, 2.75) is 19.5 Å². The van der Waals surface area contributed by atoms with Gasteiger partial charge in [0, 0.05) is 16.8 Å². The molecule has 0 unspecified atom stereocenters. The molecule has 3 rings (SSSR count). The van der Waals surface area contributed by atoms with E-state index in [0.717, 1.165) is 16.7 Å². The maximum atomic E-state index is 12.7. The molecule has 1 amide bonds. The Balaban J connectivity index is 1.90. The van der Waals surface area contributed by atoms with E-state index in [1.54, 1.807) is 30.3 Å². The van der Waals surface area contributed by atoms with Gasteiger partial charge in [0.2, 0.25) is 11.8 Å². The number of pyridine rings is 1. The molecule has 2 N–H and O–H groups in total. The third-order valence-electron chi connectivity index (χ3n) is 4.05. The van der Waals surface area contributed by atoms with E-state index in [0.29, 0.717) is 22.6 Å². The normalized spacial score (nSPS) is 10.9. The third kappa shape index (κ3) is 5.27. The molecule has 2 aromatic carbocycles. The molecule has 4 nitrogen and oxygen atoms in total. The Kier molecular flexibility index (Phi) is 6.21. The highest BCUT2D eigenvalue weighted by Crippen LogP contribution is 2.32. The second-order valence-corrected chi connectivity index (χ2v) is 6.66. The minimum atomic E-state index is -2.98. The molecular formula is C21H17ClF2N2O2. The summed E-state index contributed by atoms with van der Waals surface area (Å²) in [6, 6.07) is 16.1. The number of primary amides is 1. The zero-order valence-electron chi connectivity index (χ0n) is 14.7. The molecule has 0 aliphatic carbocycles. The summed E-state index contributed by atoms with van der Waals surface area (Å²) in [6.07, 6.45) is 2.22. The second kappa shape index (κ2) is 8.80. The number of ether oxygens (including phenoxy) is 1. The molecule has 144 valence electrons. The van der Waals surface area contributed by atoms with Crippen molar-refractivity contribution < 1.29 is 18.3 Å². The maximum Gasteiger partial charge on any atom is 0.388 e. The van der Waals surface area contributed by atoms with Crippen LogP contribution in [-0.4, -0.2) is 17.5 Å². The quantitative estimate of drug-likeness (QED) is 0.627. The minimum absolute atomic E-state index is 0.155. The lowest BCUT2D eigenvalue weighted by Crippen LogP contribution is -2.13. The van der Waals surface area contributed by atoms with E-state index in [1.807, 2.05) is 24.3 Å². The molecule has 0 radical (unpaired) electrons. The fourth-order valence-corrected chi connectivity index (χ4v) is 3.04. The smallest absolute Gasteiger partial charge is 0.388 e. The number of aromatic nitrogens is 1. The average Bonchev–Trinajstić information content (AvgIpc) is 2.64. The van der Waals surface area contributed by atoms with Crippen molar-refractivity contribution in [2.24, 2.45) is 5.73 Å². The number of carbonyl (C=O) groups is 1. The van der Waals surface area contributed by atoms with Crippen LogP contribution in [0.15, 0.2) is 60.8 Å². The Labute approximate surface area is 165 Å². The van der Waals surface area contributed by atoms with Crippen molar-refractivity contribution in [3.8, 4) is 17.0 Å². The van der Waals surface area contributed by atoms with Gasteiger partial charge in [0.25, 0.3) is 0 Å². The Bertz CT molecular complexity index is 978. The standard InChI is InChI=1S/C21H17ClF2N2O2/c22-17-3-1-2-16(11-17)18-9-15(12-26-20(18)28-21(23)24)8-13-4-6-14(7-5-13)10-19(25)27/h1-7,9,11-12,21H,8,10H2,(H2,25,27). The number of hydrogen-bond acceptors (Lipinski definition) is 3. The highest BCUT2D eigenvalue weighted by molar-refractivity contribution is 6.30. The van der Waals surface area contributed by atoms with Crippen LogP contribution in [0.1, 0.15) is 16.7 Å². The predicted octanol–water partition coefficient (Wildman–Crippen LogP) is 4.62. The first-order valence-electron chi connectivity index (χ1n) is 8.46. The number of carbonyl (C=O) groups excluding carboxylic acids is 1. The molecule has 0 bridgehead atoms. The van der Waals surface area contributed by atoms with Crippen molar-refractivity contribution in [1.29, 1.82) is 0 Å². The molecule has 0 atom stereocenters. The van der Waals surface area contributed by atoms with E-state index < -0.39 is 12.5 Å². The van der Waals surface area contributed by atoms with Crippen molar-refractivity contribution in [3.05, 3.63) is 82.5 Å². The molecule has 0 fully saturated rings. The number of hydrogen-bond donors (Lipinski definition) is 1. The van der Waals surface area contributed by atoms with Crippen molar-refractivity contribution in [3.63, 3.8) is 0 Å². The highest BCUT2D eigenvalue weighted by Gasteiger charge is 2.14. The summed E-state index contributed by atoms with van der Waals surface area (Å²) in [6.45, 7) is -2.98. The molecule has 0 saturated heterocycles. The first kappa shape index (κ1) is 19.8. The van der Waals surface area contributed by atoms with Gasteiger partial charge in [0.15, 0.2) is 0 Å². The average molecular weight is 403 g/mol. The van der Waals surface area contributed by atoms with E-state index in [4.69, 9.17) is 17.3 Å². The summed E-state index contributed by atoms with van der Waals surface area (Å²) >= 11 is 6.03. The summed E-state index contributed by atoms with van der Waals surface area (Å²) < 4.78 is 30.1. The van der Waals surface area contributed by atoms with Crippen LogP contribution in [0.5, 0.6) is 5.88 Å². The molecule has 7 heteroatoms. The Morgan fingerprint density at radius 1 is 1.07 bits per heavy atom. The van der Waals surface area contributed by atoms with E-state index in [-0.39, 0.29) is 12.3 Å². The summed E-state index contributed by atoms with van der Waals surface area (Å²) in [5, 5.41) is 0.482. The number of rotatable bonds is 7. The number of benzene rings is 2. The lowest BCUT2D eigenvalue weighted by atomic mass is 10.00. The summed E-state index contributed by atoms with van der Waals surface area (Å²) in [4.78, 5) is 15.1. The van der Waals surface area contributed by atoms with Gasteiger partial charge in [-0.25, -0.2) is 4.98 Å². The van der Waals surface area contributed by atoms with Crippen LogP contribution in [0, 0.1) is 0 Å². The molecule has 28 heavy (non-hydrogen) atoms. The van der Waals surface area contributed by atoms with Gasteiger partial charge in [-0.05, 0) is 46.9 Å². The molecule has 0 spiro atoms. The van der Waals surface area contributed by atoms with Crippen molar-refractivity contribution >= 4 is 17.5 Å². The van der Waals surface area contributed by atoms with Crippen LogP contribution in [0.4, 0.5) is 8.78 Å². The van der Waals surface area contributed by atoms with Gasteiger partial charge in [-0.3, -0.25) is 4.79 Å². The number of alkyl halides is 2. The van der Waals surface area contributed by atoms with Gasteiger partial charge in [0.1, 0.15) is 0 Å². The zero-order chi connectivity index (χ0) is 20.1. The molecule has 0 saturated carbocycles. The summed E-state index contributed by atoms with van der Waals surface area (Å²) in [5.74, 6) is -0.546. The molecule has 3 aromatic rings. The first-order valence-corrected chi connectivity index (χ1v) is 8.84. The fraction of sp³-hybridized carbons (Fsp3) is 0.143. The van der Waals surface area contributed by atoms with Gasteiger partial charge < -0.3 is 10.5 Å². The number of nitrogens with zero attached hydrogens (tertiary/aromatic N) is 1. The van der Waals surface area contributed by atoms with Crippen LogP contribution in [0.3, 0.4) is 0 Å². The molecule has 0 aliphatic rings. The molecule has 0 aliphatic heterocycles. The van der Waals surface area contributed by atoms with Crippen LogP contribution in [0.25, 0.3) is 11.1 Å². The summed E-state index contributed by atoms with van der Waals surface area (Å²) in [7, 11) is 0. The maximum absolute atomic E-state index is 12.7. The topological polar surface area (TPSA) is 65.2 Å². The first-order chi connectivity index (χ1) is 13.4. The lowest BCUT2D eigenvalue weighted by molar-refractivity contribution is -0.117. The number of amides is 1. The van der Waals surface area contributed by atoms with E-state index in [1.165, 1.54) is 6.20 Å². The van der Waals surface area contributed by atoms with Crippen LogP contribution in [0.2, 0.25) is 5.02 Å². The second-order valence-electron chi connectivity index (χ2n) is 6.22. The van der Waals surface area contributed by atoms with Gasteiger partial charge in [-0.2, -0.15) is 8.78 Å². The highest BCUT2D eigenvalue weighted by atomic mass is 35.5. The van der Waals surface area contributed by atoms with Gasteiger partial charge in [-0.15, -0.1) is 0 Å². The van der Waals surface area contributed by atoms with E-state index in [2.05, 4.69) is 9.72 Å². The zero-order valence-corrected chi connectivity index (χ0v) is 15.5. The van der Waals surface area contributed by atoms with Crippen molar-refractivity contribution in [1.82, 2.24) is 4.98 Å². The van der Waals surface area contributed by atoms with Gasteiger partial charge in [0.05, 0.1) is 6.42 Å². The van der Waals surface area contributed by atoms with Crippen LogP contribution < -0.4 is 10.5 Å². The van der Waals surface area contributed by atoms with E-state index in [9.17, 15) is 13.6 Å². The molecular weight excluding hydrogens is 386 g/mol. The van der Waals surface area contributed by atoms with E-state index >= 15 is 0 Å². The summed E-state index contributed by atoms with van der Waals surface area (Å²) in [5.41, 5.74) is 8.89. The minimum Gasteiger partial charge on any atom is -0.416 e. The lowest BCUT2D eigenvalue weighted by Gasteiger charge is -2.12. The van der Waals surface area contributed by atoms with Gasteiger partial charge >= 0.3 is 6.61 Å². The predicted molar refractivity (Wildman–Crippen MR) is 103 cm³/mol. The number of nitrogens with two attached hydrogens (primary N) is 1. The monoisotopic (exact) mass is 402 g/mol. The van der Waals surface area contributed by atoms with Crippen LogP contribution in [-0.2, 0) is 17.6 Å². The van der Waals surface area contributed by atoms with Crippen LogP contribution >= 0.6 is 11.6 Å². The Morgan fingerprint density at radius 3 is 2.43 bits per heavy atom. The fourth-order valence-electron chi connectivity index (χ4n) is 2.85. The molecule has 1 aromatic heterocycles. The van der Waals surface area contributed by atoms with Crippen molar-refractivity contribution in [2.75, 3.05) is 0 Å². The third-order valence-corrected chi connectivity index (χ3v) is 4.29. The Hall–Kier alpha value is -2.99. The Morgan fingerprint density at radius 2 is 1.79 bits per heavy atom.